The van der Waals surface area contributed by atoms with Gasteiger partial charge in [-0.3, -0.25) is 14.7 Å². The van der Waals surface area contributed by atoms with Crippen LogP contribution in [0.3, 0.4) is 0 Å². The van der Waals surface area contributed by atoms with Crippen molar-refractivity contribution in [2.75, 3.05) is 20.1 Å². The number of amides is 2. The van der Waals surface area contributed by atoms with Gasteiger partial charge in [-0.15, -0.1) is 0 Å². The van der Waals surface area contributed by atoms with Crippen LogP contribution in [0.1, 0.15) is 51.0 Å². The number of benzene rings is 1. The molecule has 1 fully saturated rings. The van der Waals surface area contributed by atoms with E-state index in [9.17, 15) is 9.59 Å². The number of aryl methyl sites for hydroxylation is 1. The second-order valence-electron chi connectivity index (χ2n) is 7.80. The zero-order valence-corrected chi connectivity index (χ0v) is 17.3. The third-order valence-electron chi connectivity index (χ3n) is 5.64. The molecule has 0 radical (unpaired) electrons. The fourth-order valence-electron chi connectivity index (χ4n) is 4.02. The van der Waals surface area contributed by atoms with E-state index in [1.54, 1.807) is 35.1 Å². The molecule has 0 unspecified atom stereocenters. The fourth-order valence-corrected chi connectivity index (χ4v) is 4.02. The van der Waals surface area contributed by atoms with Gasteiger partial charge in [0, 0.05) is 52.0 Å². The Bertz CT molecular complexity index is 1030. The number of carbonyl (C=O) groups excluding carboxylic acids is 2. The summed E-state index contributed by atoms with van der Waals surface area (Å²) in [6, 6.07) is 9.89. The standard InChI is InChI=1S/C22H26N6O2/c1-26-12-10-23-20(26)22(30)28-11-6-9-17(15-28)19-18(13-24-25-19)21(29)27(2)14-16-7-4-3-5-8-16/h3-5,7-8,10,12-13,17H,6,9,11,14-15H2,1-2H3,(H,24,25)/t17-/m0/s1. The summed E-state index contributed by atoms with van der Waals surface area (Å²) in [5.74, 6) is 0.310. The number of imidazole rings is 1. The summed E-state index contributed by atoms with van der Waals surface area (Å²) < 4.78 is 1.73. The number of likely N-dealkylation sites (tertiary alicyclic amines) is 1. The zero-order chi connectivity index (χ0) is 21.1. The number of rotatable bonds is 5. The van der Waals surface area contributed by atoms with E-state index in [0.29, 0.717) is 31.0 Å². The molecule has 0 aliphatic carbocycles. The minimum atomic E-state index is -0.0826. The van der Waals surface area contributed by atoms with Crippen LogP contribution in [0, 0.1) is 0 Å². The molecule has 0 bridgehead atoms. The van der Waals surface area contributed by atoms with E-state index < -0.39 is 0 Å². The third-order valence-corrected chi connectivity index (χ3v) is 5.64. The number of nitrogens with zero attached hydrogens (tertiary/aromatic N) is 5. The second kappa shape index (κ2) is 8.52. The van der Waals surface area contributed by atoms with E-state index >= 15 is 0 Å². The quantitative estimate of drug-likeness (QED) is 0.705. The topological polar surface area (TPSA) is 87.1 Å². The van der Waals surface area contributed by atoms with Gasteiger partial charge in [0.2, 0.25) is 0 Å². The van der Waals surface area contributed by atoms with Crippen LogP contribution in [0.15, 0.2) is 48.9 Å². The summed E-state index contributed by atoms with van der Waals surface area (Å²) >= 11 is 0. The number of nitrogens with one attached hydrogen (secondary N) is 1. The lowest BCUT2D eigenvalue weighted by Crippen LogP contribution is -2.40. The van der Waals surface area contributed by atoms with Crippen molar-refractivity contribution in [1.29, 1.82) is 0 Å². The first-order valence-corrected chi connectivity index (χ1v) is 10.1. The highest BCUT2D eigenvalue weighted by atomic mass is 16.2. The van der Waals surface area contributed by atoms with Crippen LogP contribution in [0.2, 0.25) is 0 Å². The van der Waals surface area contributed by atoms with Gasteiger partial charge < -0.3 is 14.4 Å². The maximum atomic E-state index is 13.1. The average Bonchev–Trinajstić information content (AvgIpc) is 3.42. The normalized spacial score (nSPS) is 16.5. The Morgan fingerprint density at radius 2 is 2.07 bits per heavy atom. The van der Waals surface area contributed by atoms with Gasteiger partial charge in [-0.2, -0.15) is 5.10 Å². The molecule has 3 heterocycles. The van der Waals surface area contributed by atoms with Crippen molar-refractivity contribution in [2.45, 2.75) is 25.3 Å². The number of H-pyrrole nitrogens is 1. The van der Waals surface area contributed by atoms with Gasteiger partial charge in [0.15, 0.2) is 5.82 Å². The fraction of sp³-hybridized carbons (Fsp3) is 0.364. The first kappa shape index (κ1) is 19.9. The van der Waals surface area contributed by atoms with Crippen LogP contribution in [0.25, 0.3) is 0 Å². The lowest BCUT2D eigenvalue weighted by molar-refractivity contribution is 0.0689. The molecular formula is C22H26N6O2. The summed E-state index contributed by atoms with van der Waals surface area (Å²) in [7, 11) is 3.61. The Morgan fingerprint density at radius 3 is 2.80 bits per heavy atom. The van der Waals surface area contributed by atoms with E-state index in [4.69, 9.17) is 0 Å². The molecule has 1 saturated heterocycles. The average molecular weight is 406 g/mol. The van der Waals surface area contributed by atoms with Gasteiger partial charge >= 0.3 is 0 Å². The van der Waals surface area contributed by atoms with Gasteiger partial charge in [-0.1, -0.05) is 30.3 Å². The molecule has 8 heteroatoms. The van der Waals surface area contributed by atoms with E-state index in [-0.39, 0.29) is 17.7 Å². The first-order chi connectivity index (χ1) is 14.5. The molecule has 1 aliphatic rings. The summed E-state index contributed by atoms with van der Waals surface area (Å²) in [6.45, 7) is 1.75. The van der Waals surface area contributed by atoms with E-state index in [1.165, 1.54) is 0 Å². The highest BCUT2D eigenvalue weighted by Gasteiger charge is 2.31. The third kappa shape index (κ3) is 3.98. The molecule has 8 nitrogen and oxygen atoms in total. The molecule has 30 heavy (non-hydrogen) atoms. The zero-order valence-electron chi connectivity index (χ0n) is 17.3. The minimum Gasteiger partial charge on any atom is -0.337 e. The molecule has 0 spiro atoms. The molecule has 156 valence electrons. The predicted octanol–water partition coefficient (Wildman–Crippen LogP) is 2.44. The number of aromatic amines is 1. The van der Waals surface area contributed by atoms with Crippen LogP contribution >= 0.6 is 0 Å². The van der Waals surface area contributed by atoms with Gasteiger partial charge in [0.05, 0.1) is 17.5 Å². The first-order valence-electron chi connectivity index (χ1n) is 10.1. The van der Waals surface area contributed by atoms with E-state index in [0.717, 1.165) is 24.1 Å². The second-order valence-corrected chi connectivity index (χ2v) is 7.80. The number of carbonyl (C=O) groups is 2. The maximum absolute atomic E-state index is 13.1. The van der Waals surface area contributed by atoms with Gasteiger partial charge in [-0.25, -0.2) is 4.98 Å². The summed E-state index contributed by atoms with van der Waals surface area (Å²) in [6.07, 6.45) is 6.76. The molecule has 3 aromatic rings. The maximum Gasteiger partial charge on any atom is 0.289 e. The largest absolute Gasteiger partial charge is 0.337 e. The van der Waals surface area contributed by atoms with Crippen molar-refractivity contribution < 1.29 is 9.59 Å². The van der Waals surface area contributed by atoms with E-state index in [2.05, 4.69) is 15.2 Å². The van der Waals surface area contributed by atoms with Crippen molar-refractivity contribution in [2.24, 2.45) is 7.05 Å². The molecule has 1 aliphatic heterocycles. The number of hydrogen-bond donors (Lipinski definition) is 1. The Kier molecular flexibility index (Phi) is 5.65. The van der Waals surface area contributed by atoms with Crippen molar-refractivity contribution in [3.8, 4) is 0 Å². The molecule has 1 aromatic carbocycles. The molecule has 2 amide bonds. The number of aromatic nitrogens is 4. The van der Waals surface area contributed by atoms with Crippen LogP contribution < -0.4 is 0 Å². The lowest BCUT2D eigenvalue weighted by atomic mass is 9.92. The summed E-state index contributed by atoms with van der Waals surface area (Å²) in [4.78, 5) is 33.7. The van der Waals surface area contributed by atoms with Gasteiger partial charge in [-0.05, 0) is 18.4 Å². The highest BCUT2D eigenvalue weighted by Crippen LogP contribution is 2.29. The predicted molar refractivity (Wildman–Crippen MR) is 112 cm³/mol. The number of piperidine rings is 1. The lowest BCUT2D eigenvalue weighted by Gasteiger charge is -2.32. The van der Waals surface area contributed by atoms with Gasteiger partial charge in [0.1, 0.15) is 0 Å². The molecular weight excluding hydrogens is 380 g/mol. The SMILES string of the molecule is CN(Cc1ccccc1)C(=O)c1cn[nH]c1[C@H]1CCCN(C(=O)c2nccn2C)C1. The summed E-state index contributed by atoms with van der Waals surface area (Å²) in [5, 5.41) is 7.17. The molecule has 1 N–H and O–H groups in total. The van der Waals surface area contributed by atoms with E-state index in [1.807, 2.05) is 42.3 Å². The molecule has 1 atom stereocenters. The Labute approximate surface area is 175 Å². The van der Waals surface area contributed by atoms with Crippen molar-refractivity contribution in [1.82, 2.24) is 29.5 Å². The smallest absolute Gasteiger partial charge is 0.289 e. The van der Waals surface area contributed by atoms with Crippen LogP contribution in [0.4, 0.5) is 0 Å². The number of hydrogen-bond acceptors (Lipinski definition) is 4. The highest BCUT2D eigenvalue weighted by molar-refractivity contribution is 5.95. The van der Waals surface area contributed by atoms with Crippen molar-refractivity contribution in [3.63, 3.8) is 0 Å². The van der Waals surface area contributed by atoms with Crippen molar-refractivity contribution in [3.05, 3.63) is 71.6 Å². The molecule has 4 rings (SSSR count). The van der Waals surface area contributed by atoms with Crippen LogP contribution in [0.5, 0.6) is 0 Å². The monoisotopic (exact) mass is 406 g/mol. The molecule has 2 aromatic heterocycles. The van der Waals surface area contributed by atoms with Gasteiger partial charge in [0.25, 0.3) is 11.8 Å². The summed E-state index contributed by atoms with van der Waals surface area (Å²) in [5.41, 5.74) is 2.45. The van der Waals surface area contributed by atoms with Crippen LogP contribution in [-0.4, -0.2) is 61.5 Å². The Balaban J connectivity index is 1.48. The Hall–Kier alpha value is -3.42. The van der Waals surface area contributed by atoms with Crippen LogP contribution in [-0.2, 0) is 13.6 Å². The Morgan fingerprint density at radius 1 is 1.27 bits per heavy atom. The minimum absolute atomic E-state index is 0.0366. The molecule has 0 saturated carbocycles. The van der Waals surface area contributed by atoms with Crippen molar-refractivity contribution >= 4 is 11.8 Å².